The molecule has 0 spiro atoms. The zero-order chi connectivity index (χ0) is 14.2. The molecule has 0 radical (unpaired) electrons. The van der Waals surface area contributed by atoms with Gasteiger partial charge in [-0.3, -0.25) is 4.68 Å². The highest BCUT2D eigenvalue weighted by Crippen LogP contribution is 2.32. The van der Waals surface area contributed by atoms with Crippen molar-refractivity contribution in [3.05, 3.63) is 48.4 Å². The number of benzene rings is 1. The molecule has 3 heterocycles. The maximum Gasteiger partial charge on any atom is 0.163 e. The van der Waals surface area contributed by atoms with Gasteiger partial charge in [-0.1, -0.05) is 30.3 Å². The first-order chi connectivity index (χ1) is 10.3. The molecule has 3 aromatic rings. The fourth-order valence-corrected chi connectivity index (χ4v) is 3.15. The molecule has 2 aromatic heterocycles. The van der Waals surface area contributed by atoms with Gasteiger partial charge in [-0.15, -0.1) is 0 Å². The topological polar surface area (TPSA) is 46.8 Å². The first kappa shape index (κ1) is 12.3. The minimum absolute atomic E-state index is 0.577. The molecule has 1 aliphatic heterocycles. The Morgan fingerprint density at radius 3 is 2.86 bits per heavy atom. The fourth-order valence-electron chi connectivity index (χ4n) is 3.15. The Morgan fingerprint density at radius 1 is 1.14 bits per heavy atom. The Hall–Kier alpha value is -2.43. The summed E-state index contributed by atoms with van der Waals surface area (Å²) in [6, 6.07) is 10.7. The van der Waals surface area contributed by atoms with Crippen molar-refractivity contribution in [1.82, 2.24) is 19.7 Å². The number of anilines is 1. The van der Waals surface area contributed by atoms with Gasteiger partial charge in [0.25, 0.3) is 0 Å². The molecule has 0 amide bonds. The molecular weight excluding hydrogens is 262 g/mol. The van der Waals surface area contributed by atoms with E-state index in [2.05, 4.69) is 50.3 Å². The van der Waals surface area contributed by atoms with Crippen LogP contribution in [0.5, 0.6) is 0 Å². The molecule has 1 aliphatic rings. The van der Waals surface area contributed by atoms with E-state index in [0.717, 1.165) is 36.4 Å². The number of rotatable bonds is 2. The van der Waals surface area contributed by atoms with Gasteiger partial charge in [0.2, 0.25) is 0 Å². The van der Waals surface area contributed by atoms with Gasteiger partial charge in [0.1, 0.15) is 12.1 Å². The van der Waals surface area contributed by atoms with Crippen molar-refractivity contribution in [3.63, 3.8) is 0 Å². The average molecular weight is 279 g/mol. The van der Waals surface area contributed by atoms with Crippen LogP contribution in [0.1, 0.15) is 17.9 Å². The number of aromatic nitrogens is 4. The molecule has 1 saturated heterocycles. The van der Waals surface area contributed by atoms with Crippen LogP contribution in [0, 0.1) is 0 Å². The van der Waals surface area contributed by atoms with Crippen LogP contribution >= 0.6 is 0 Å². The zero-order valence-electron chi connectivity index (χ0n) is 12.0. The van der Waals surface area contributed by atoms with Crippen molar-refractivity contribution >= 4 is 16.9 Å². The minimum atomic E-state index is 0.577. The zero-order valence-corrected chi connectivity index (χ0v) is 12.0. The third-order valence-corrected chi connectivity index (χ3v) is 4.27. The van der Waals surface area contributed by atoms with Gasteiger partial charge in [-0.2, -0.15) is 5.10 Å². The van der Waals surface area contributed by atoms with Gasteiger partial charge in [-0.05, 0) is 12.0 Å². The Labute approximate surface area is 123 Å². The largest absolute Gasteiger partial charge is 0.355 e. The normalized spacial score (nSPS) is 18.5. The Bertz CT molecular complexity index is 765. The lowest BCUT2D eigenvalue weighted by atomic mass is 9.99. The molecule has 106 valence electrons. The SMILES string of the molecule is Cn1ncc2c(N3CC[C@H](c4ccccc4)C3)ncnc21. The van der Waals surface area contributed by atoms with Crippen LogP contribution in [0.15, 0.2) is 42.9 Å². The van der Waals surface area contributed by atoms with E-state index in [0.29, 0.717) is 5.92 Å². The lowest BCUT2D eigenvalue weighted by Gasteiger charge is -2.18. The highest BCUT2D eigenvalue weighted by molar-refractivity contribution is 5.86. The Kier molecular flexibility index (Phi) is 2.84. The van der Waals surface area contributed by atoms with Crippen LogP contribution in [0.3, 0.4) is 0 Å². The Morgan fingerprint density at radius 2 is 2.00 bits per heavy atom. The van der Waals surface area contributed by atoms with Crippen molar-refractivity contribution in [2.45, 2.75) is 12.3 Å². The molecule has 1 aromatic carbocycles. The van der Waals surface area contributed by atoms with Crippen molar-refractivity contribution < 1.29 is 0 Å². The third-order valence-electron chi connectivity index (χ3n) is 4.27. The smallest absolute Gasteiger partial charge is 0.163 e. The number of hydrogen-bond acceptors (Lipinski definition) is 4. The van der Waals surface area contributed by atoms with E-state index in [9.17, 15) is 0 Å². The van der Waals surface area contributed by atoms with Crippen molar-refractivity contribution in [2.24, 2.45) is 7.05 Å². The highest BCUT2D eigenvalue weighted by atomic mass is 15.3. The highest BCUT2D eigenvalue weighted by Gasteiger charge is 2.26. The number of aryl methyl sites for hydroxylation is 1. The van der Waals surface area contributed by atoms with Gasteiger partial charge >= 0.3 is 0 Å². The summed E-state index contributed by atoms with van der Waals surface area (Å²) in [5.74, 6) is 1.58. The number of hydrogen-bond donors (Lipinski definition) is 0. The molecule has 5 heteroatoms. The summed E-state index contributed by atoms with van der Waals surface area (Å²) in [5, 5.41) is 5.33. The van der Waals surface area contributed by atoms with Gasteiger partial charge in [0, 0.05) is 26.1 Å². The van der Waals surface area contributed by atoms with E-state index in [4.69, 9.17) is 0 Å². The quantitative estimate of drug-likeness (QED) is 0.722. The summed E-state index contributed by atoms with van der Waals surface area (Å²) in [4.78, 5) is 11.2. The van der Waals surface area contributed by atoms with Crippen molar-refractivity contribution in [3.8, 4) is 0 Å². The van der Waals surface area contributed by atoms with Crippen LogP contribution in [-0.2, 0) is 7.05 Å². The van der Waals surface area contributed by atoms with Crippen LogP contribution in [0.4, 0.5) is 5.82 Å². The monoisotopic (exact) mass is 279 g/mol. The second-order valence-corrected chi connectivity index (χ2v) is 5.55. The first-order valence-corrected chi connectivity index (χ1v) is 7.25. The summed E-state index contributed by atoms with van der Waals surface area (Å²) in [6.07, 6.45) is 4.66. The van der Waals surface area contributed by atoms with Crippen molar-refractivity contribution in [2.75, 3.05) is 18.0 Å². The second kappa shape index (κ2) is 4.84. The molecular formula is C16H17N5. The third kappa shape index (κ3) is 2.05. The summed E-state index contributed by atoms with van der Waals surface area (Å²) in [5.41, 5.74) is 2.31. The Balaban J connectivity index is 1.65. The predicted octanol–water partition coefficient (Wildman–Crippen LogP) is 2.36. The van der Waals surface area contributed by atoms with Crippen molar-refractivity contribution in [1.29, 1.82) is 0 Å². The molecule has 0 bridgehead atoms. The van der Waals surface area contributed by atoms with E-state index >= 15 is 0 Å². The van der Waals surface area contributed by atoms with Gasteiger partial charge in [0.15, 0.2) is 5.65 Å². The minimum Gasteiger partial charge on any atom is -0.355 e. The molecule has 5 nitrogen and oxygen atoms in total. The average Bonchev–Trinajstić information content (AvgIpc) is 3.16. The molecule has 21 heavy (non-hydrogen) atoms. The summed E-state index contributed by atoms with van der Waals surface area (Å²) in [7, 11) is 1.91. The van der Waals surface area contributed by atoms with Crippen LogP contribution in [0.25, 0.3) is 11.0 Å². The van der Waals surface area contributed by atoms with Gasteiger partial charge in [0.05, 0.1) is 11.6 Å². The molecule has 0 aliphatic carbocycles. The number of fused-ring (bicyclic) bond motifs is 1. The summed E-state index contributed by atoms with van der Waals surface area (Å²) < 4.78 is 1.80. The van der Waals surface area contributed by atoms with E-state index in [1.165, 1.54) is 5.56 Å². The summed E-state index contributed by atoms with van der Waals surface area (Å²) in [6.45, 7) is 2.03. The van der Waals surface area contributed by atoms with E-state index in [1.54, 1.807) is 11.0 Å². The maximum absolute atomic E-state index is 4.49. The lowest BCUT2D eigenvalue weighted by Crippen LogP contribution is -2.20. The maximum atomic E-state index is 4.49. The number of nitrogens with zero attached hydrogens (tertiary/aromatic N) is 5. The van der Waals surface area contributed by atoms with E-state index < -0.39 is 0 Å². The second-order valence-electron chi connectivity index (χ2n) is 5.55. The van der Waals surface area contributed by atoms with E-state index in [-0.39, 0.29) is 0 Å². The van der Waals surface area contributed by atoms with E-state index in [1.807, 2.05) is 13.2 Å². The molecule has 0 N–H and O–H groups in total. The lowest BCUT2D eigenvalue weighted by molar-refractivity contribution is 0.774. The van der Waals surface area contributed by atoms with Crippen LogP contribution in [0.2, 0.25) is 0 Å². The molecule has 0 saturated carbocycles. The van der Waals surface area contributed by atoms with Gasteiger partial charge in [-0.25, -0.2) is 9.97 Å². The van der Waals surface area contributed by atoms with Crippen LogP contribution in [-0.4, -0.2) is 32.8 Å². The molecule has 1 atom stereocenters. The first-order valence-electron chi connectivity index (χ1n) is 7.25. The van der Waals surface area contributed by atoms with Gasteiger partial charge < -0.3 is 4.90 Å². The molecule has 4 rings (SSSR count). The molecule has 0 unspecified atom stereocenters. The predicted molar refractivity (Wildman–Crippen MR) is 82.3 cm³/mol. The molecule has 1 fully saturated rings. The van der Waals surface area contributed by atoms with Crippen LogP contribution < -0.4 is 4.90 Å². The summed E-state index contributed by atoms with van der Waals surface area (Å²) >= 11 is 0. The standard InChI is InChI=1S/C16H17N5/c1-20-15-14(9-19-20)16(18-11-17-15)21-8-7-13(10-21)12-5-3-2-4-6-12/h2-6,9,11,13H,7-8,10H2,1H3/t13-/m0/s1. The fraction of sp³-hybridized carbons (Fsp3) is 0.312.